The van der Waals surface area contributed by atoms with Crippen molar-refractivity contribution >= 4 is 23.3 Å². The van der Waals surface area contributed by atoms with Gasteiger partial charge < -0.3 is 15.2 Å². The summed E-state index contributed by atoms with van der Waals surface area (Å²) in [4.78, 5) is 11.1. The number of hydrogen-bond donors (Lipinski definition) is 2. The van der Waals surface area contributed by atoms with Gasteiger partial charge in [-0.1, -0.05) is 23.7 Å². The number of nitrogens with one attached hydrogen (secondary N) is 1. The Labute approximate surface area is 141 Å². The van der Waals surface area contributed by atoms with Crippen LogP contribution in [0.5, 0.6) is 5.75 Å². The number of aromatic carboxylic acids is 1. The Morgan fingerprint density at radius 3 is 2.52 bits per heavy atom. The SMILES string of the molecule is Cc1cc(OCCCNc2ccccc2C(=O)O)cc(C)c1Cl. The summed E-state index contributed by atoms with van der Waals surface area (Å²) < 4.78 is 5.72. The summed E-state index contributed by atoms with van der Waals surface area (Å²) in [7, 11) is 0. The molecule has 2 N–H and O–H groups in total. The Balaban J connectivity index is 1.82. The van der Waals surface area contributed by atoms with Gasteiger partial charge in [-0.05, 0) is 55.7 Å². The molecule has 0 aliphatic rings. The molecule has 0 radical (unpaired) electrons. The van der Waals surface area contributed by atoms with Crippen molar-refractivity contribution in [3.05, 3.63) is 58.1 Å². The van der Waals surface area contributed by atoms with E-state index in [4.69, 9.17) is 21.4 Å². The molecule has 0 bridgehead atoms. The molecule has 0 aliphatic carbocycles. The zero-order chi connectivity index (χ0) is 16.8. The predicted molar refractivity (Wildman–Crippen MR) is 92.9 cm³/mol. The zero-order valence-electron chi connectivity index (χ0n) is 13.2. The van der Waals surface area contributed by atoms with Crippen molar-refractivity contribution in [1.82, 2.24) is 0 Å². The van der Waals surface area contributed by atoms with E-state index in [-0.39, 0.29) is 5.56 Å². The van der Waals surface area contributed by atoms with Gasteiger partial charge >= 0.3 is 5.97 Å². The lowest BCUT2D eigenvalue weighted by atomic mass is 10.1. The van der Waals surface area contributed by atoms with Crippen LogP contribution in [0.15, 0.2) is 36.4 Å². The minimum Gasteiger partial charge on any atom is -0.494 e. The van der Waals surface area contributed by atoms with Crippen LogP contribution in [-0.4, -0.2) is 24.2 Å². The van der Waals surface area contributed by atoms with Crippen molar-refractivity contribution < 1.29 is 14.6 Å². The maximum Gasteiger partial charge on any atom is 0.337 e. The lowest BCUT2D eigenvalue weighted by Crippen LogP contribution is -2.10. The summed E-state index contributed by atoms with van der Waals surface area (Å²) in [5.41, 5.74) is 2.89. The smallest absolute Gasteiger partial charge is 0.337 e. The molecular weight excluding hydrogens is 314 g/mol. The largest absolute Gasteiger partial charge is 0.494 e. The molecule has 2 aromatic carbocycles. The Kier molecular flexibility index (Phi) is 5.88. The van der Waals surface area contributed by atoms with Crippen LogP contribution in [0.3, 0.4) is 0 Å². The molecule has 23 heavy (non-hydrogen) atoms. The minimum atomic E-state index is -0.934. The molecule has 2 aromatic rings. The van der Waals surface area contributed by atoms with E-state index >= 15 is 0 Å². The van der Waals surface area contributed by atoms with Crippen molar-refractivity contribution in [3.63, 3.8) is 0 Å². The normalized spacial score (nSPS) is 10.4. The molecule has 4 nitrogen and oxygen atoms in total. The van der Waals surface area contributed by atoms with Gasteiger partial charge in [-0.25, -0.2) is 4.79 Å². The van der Waals surface area contributed by atoms with Crippen molar-refractivity contribution in [1.29, 1.82) is 0 Å². The molecule has 2 rings (SSSR count). The van der Waals surface area contributed by atoms with Crippen molar-refractivity contribution in [3.8, 4) is 5.75 Å². The minimum absolute atomic E-state index is 0.275. The van der Waals surface area contributed by atoms with E-state index < -0.39 is 5.97 Å². The van der Waals surface area contributed by atoms with Crippen LogP contribution in [0.4, 0.5) is 5.69 Å². The predicted octanol–water partition coefficient (Wildman–Crippen LogP) is 4.54. The molecule has 0 unspecified atom stereocenters. The first kappa shape index (κ1) is 17.2. The third kappa shape index (κ3) is 4.63. The number of aryl methyl sites for hydroxylation is 2. The maximum atomic E-state index is 11.1. The highest BCUT2D eigenvalue weighted by atomic mass is 35.5. The summed E-state index contributed by atoms with van der Waals surface area (Å²) in [5.74, 6) is -0.133. The lowest BCUT2D eigenvalue weighted by Gasteiger charge is -2.11. The van der Waals surface area contributed by atoms with Crippen LogP contribution >= 0.6 is 11.6 Å². The highest BCUT2D eigenvalue weighted by molar-refractivity contribution is 6.32. The Morgan fingerprint density at radius 1 is 1.22 bits per heavy atom. The molecule has 0 spiro atoms. The quantitative estimate of drug-likeness (QED) is 0.730. The number of para-hydroxylation sites is 1. The molecule has 0 atom stereocenters. The third-order valence-electron chi connectivity index (χ3n) is 3.47. The fraction of sp³-hybridized carbons (Fsp3) is 0.278. The van der Waals surface area contributed by atoms with Crippen LogP contribution in [0.1, 0.15) is 27.9 Å². The first-order chi connectivity index (χ1) is 11.0. The van der Waals surface area contributed by atoms with E-state index in [1.807, 2.05) is 32.0 Å². The Hall–Kier alpha value is -2.20. The average molecular weight is 334 g/mol. The fourth-order valence-corrected chi connectivity index (χ4v) is 2.41. The van der Waals surface area contributed by atoms with Crippen molar-refractivity contribution in [2.45, 2.75) is 20.3 Å². The van der Waals surface area contributed by atoms with E-state index in [2.05, 4.69) is 5.32 Å². The summed E-state index contributed by atoms with van der Waals surface area (Å²) >= 11 is 6.13. The van der Waals surface area contributed by atoms with Gasteiger partial charge in [-0.15, -0.1) is 0 Å². The molecule has 0 fully saturated rings. The van der Waals surface area contributed by atoms with Gasteiger partial charge in [0.25, 0.3) is 0 Å². The Bertz CT molecular complexity index is 677. The van der Waals surface area contributed by atoms with E-state index in [1.54, 1.807) is 18.2 Å². The number of benzene rings is 2. The molecule has 0 amide bonds. The summed E-state index contributed by atoms with van der Waals surface area (Å²) in [6.07, 6.45) is 0.759. The van der Waals surface area contributed by atoms with Gasteiger partial charge in [0.2, 0.25) is 0 Å². The first-order valence-corrected chi connectivity index (χ1v) is 7.82. The number of carboxylic acid groups (broad SMARTS) is 1. The van der Waals surface area contributed by atoms with E-state index in [1.165, 1.54) is 0 Å². The second-order valence-corrected chi connectivity index (χ2v) is 5.73. The lowest BCUT2D eigenvalue weighted by molar-refractivity contribution is 0.0698. The number of carbonyl (C=O) groups is 1. The van der Waals surface area contributed by atoms with E-state index in [0.717, 1.165) is 28.3 Å². The van der Waals surface area contributed by atoms with Crippen LogP contribution in [-0.2, 0) is 0 Å². The zero-order valence-corrected chi connectivity index (χ0v) is 14.0. The van der Waals surface area contributed by atoms with E-state index in [9.17, 15) is 4.79 Å². The molecular formula is C18H20ClNO3. The van der Waals surface area contributed by atoms with Crippen molar-refractivity contribution in [2.75, 3.05) is 18.5 Å². The molecule has 0 saturated carbocycles. The molecule has 0 aliphatic heterocycles. The fourth-order valence-electron chi connectivity index (χ4n) is 2.30. The number of anilines is 1. The number of ether oxygens (including phenoxy) is 1. The third-order valence-corrected chi connectivity index (χ3v) is 4.07. The van der Waals surface area contributed by atoms with Gasteiger partial charge in [0.1, 0.15) is 5.75 Å². The monoisotopic (exact) mass is 333 g/mol. The molecule has 0 aromatic heterocycles. The van der Waals surface area contributed by atoms with Crippen molar-refractivity contribution in [2.24, 2.45) is 0 Å². The molecule has 122 valence electrons. The number of carboxylic acids is 1. The molecule has 5 heteroatoms. The highest BCUT2D eigenvalue weighted by Crippen LogP contribution is 2.25. The van der Waals surface area contributed by atoms with Gasteiger partial charge in [0, 0.05) is 17.3 Å². The first-order valence-electron chi connectivity index (χ1n) is 7.45. The van der Waals surface area contributed by atoms with Gasteiger partial charge in [0.15, 0.2) is 0 Å². The highest BCUT2D eigenvalue weighted by Gasteiger charge is 2.08. The molecule has 0 saturated heterocycles. The van der Waals surface area contributed by atoms with Crippen LogP contribution in [0, 0.1) is 13.8 Å². The van der Waals surface area contributed by atoms with Gasteiger partial charge in [-0.3, -0.25) is 0 Å². The second kappa shape index (κ2) is 7.88. The van der Waals surface area contributed by atoms with Crippen LogP contribution in [0.25, 0.3) is 0 Å². The number of hydrogen-bond acceptors (Lipinski definition) is 3. The summed E-state index contributed by atoms with van der Waals surface area (Å²) in [6, 6.07) is 10.7. The Morgan fingerprint density at radius 2 is 1.87 bits per heavy atom. The molecule has 0 heterocycles. The summed E-state index contributed by atoms with van der Waals surface area (Å²) in [6.45, 7) is 5.08. The van der Waals surface area contributed by atoms with Gasteiger partial charge in [-0.2, -0.15) is 0 Å². The van der Waals surface area contributed by atoms with Gasteiger partial charge in [0.05, 0.1) is 12.2 Å². The van der Waals surface area contributed by atoms with E-state index in [0.29, 0.717) is 18.8 Å². The van der Waals surface area contributed by atoms with Crippen LogP contribution < -0.4 is 10.1 Å². The maximum absolute atomic E-state index is 11.1. The standard InChI is InChI=1S/C18H20ClNO3/c1-12-10-14(11-13(2)17(12)19)23-9-5-8-20-16-7-4-3-6-15(16)18(21)22/h3-4,6-7,10-11,20H,5,8-9H2,1-2H3,(H,21,22). The topological polar surface area (TPSA) is 58.6 Å². The van der Waals surface area contributed by atoms with Crippen LogP contribution in [0.2, 0.25) is 5.02 Å². The number of halogens is 1. The average Bonchev–Trinajstić information content (AvgIpc) is 2.52. The second-order valence-electron chi connectivity index (χ2n) is 5.35. The summed E-state index contributed by atoms with van der Waals surface area (Å²) in [5, 5.41) is 13.0. The number of rotatable bonds is 7.